The molecule has 6 nitrogen and oxygen atoms in total. The van der Waals surface area contributed by atoms with Crippen molar-refractivity contribution in [3.63, 3.8) is 0 Å². The van der Waals surface area contributed by atoms with E-state index >= 15 is 0 Å². The summed E-state index contributed by atoms with van der Waals surface area (Å²) in [7, 11) is 0. The van der Waals surface area contributed by atoms with Gasteiger partial charge in [0.25, 0.3) is 0 Å². The second-order valence-electron chi connectivity index (χ2n) is 3.82. The van der Waals surface area contributed by atoms with Crippen LogP contribution in [0.5, 0.6) is 0 Å². The van der Waals surface area contributed by atoms with E-state index in [-0.39, 0.29) is 25.4 Å². The monoisotopic (exact) mass is 260 g/mol. The maximum Gasteiger partial charge on any atom is 0.334 e. The van der Waals surface area contributed by atoms with E-state index < -0.39 is 18.0 Å². The van der Waals surface area contributed by atoms with Gasteiger partial charge in [0, 0.05) is 6.42 Å². The quantitative estimate of drug-likeness (QED) is 0.356. The summed E-state index contributed by atoms with van der Waals surface area (Å²) in [6.45, 7) is 4.52. The minimum absolute atomic E-state index is 0.0332. The molecule has 0 heterocycles. The van der Waals surface area contributed by atoms with Crippen molar-refractivity contribution in [3.8, 4) is 0 Å². The highest BCUT2D eigenvalue weighted by Crippen LogP contribution is 2.04. The van der Waals surface area contributed by atoms with Crippen LogP contribution in [0, 0.1) is 0 Å². The molecule has 1 atom stereocenters. The van der Waals surface area contributed by atoms with Crippen LogP contribution in [0.1, 0.15) is 32.6 Å². The van der Waals surface area contributed by atoms with Crippen LogP contribution in [0.4, 0.5) is 0 Å². The van der Waals surface area contributed by atoms with Crippen LogP contribution in [-0.2, 0) is 19.1 Å². The lowest BCUT2D eigenvalue weighted by Gasteiger charge is -2.06. The van der Waals surface area contributed by atoms with Gasteiger partial charge in [-0.2, -0.15) is 0 Å². The first-order valence-corrected chi connectivity index (χ1v) is 5.81. The highest BCUT2D eigenvalue weighted by molar-refractivity contribution is 5.73. The second-order valence-corrected chi connectivity index (χ2v) is 3.82. The standard InChI is InChI=1S/C12H20O6/c1-9(8-13)18-11(15)6-4-3-5-7-17-12(16)10(2)14/h10,13-14H,1,3-8H2,2H3. The maximum atomic E-state index is 11.1. The summed E-state index contributed by atoms with van der Waals surface area (Å²) >= 11 is 0. The Kier molecular flexibility index (Phi) is 8.86. The minimum atomic E-state index is -1.11. The Hall–Kier alpha value is -1.40. The molecule has 6 heteroatoms. The Morgan fingerprint density at radius 3 is 2.50 bits per heavy atom. The molecule has 0 amide bonds. The third-order valence-electron chi connectivity index (χ3n) is 2.05. The van der Waals surface area contributed by atoms with E-state index in [0.717, 1.165) is 0 Å². The SMILES string of the molecule is C=C(CO)OC(=O)CCCCCOC(=O)C(C)O. The summed E-state index contributed by atoms with van der Waals surface area (Å²) in [6, 6.07) is 0. The fourth-order valence-corrected chi connectivity index (χ4v) is 1.09. The van der Waals surface area contributed by atoms with Crippen molar-refractivity contribution in [1.29, 1.82) is 0 Å². The number of hydrogen-bond donors (Lipinski definition) is 2. The summed E-state index contributed by atoms with van der Waals surface area (Å²) < 4.78 is 9.41. The molecule has 0 spiro atoms. The maximum absolute atomic E-state index is 11.1. The first-order chi connectivity index (χ1) is 8.47. The van der Waals surface area contributed by atoms with E-state index in [9.17, 15) is 9.59 Å². The van der Waals surface area contributed by atoms with E-state index in [0.29, 0.717) is 19.3 Å². The molecule has 0 aromatic heterocycles. The van der Waals surface area contributed by atoms with Gasteiger partial charge < -0.3 is 19.7 Å². The highest BCUT2D eigenvalue weighted by atomic mass is 16.5. The smallest absolute Gasteiger partial charge is 0.334 e. The topological polar surface area (TPSA) is 93.1 Å². The van der Waals surface area contributed by atoms with Gasteiger partial charge in [-0.1, -0.05) is 6.58 Å². The molecule has 18 heavy (non-hydrogen) atoms. The van der Waals surface area contributed by atoms with Crippen molar-refractivity contribution in [3.05, 3.63) is 12.3 Å². The fourth-order valence-electron chi connectivity index (χ4n) is 1.09. The second kappa shape index (κ2) is 9.61. The largest absolute Gasteiger partial charge is 0.464 e. The zero-order valence-electron chi connectivity index (χ0n) is 10.6. The average molecular weight is 260 g/mol. The van der Waals surface area contributed by atoms with Crippen LogP contribution in [0.25, 0.3) is 0 Å². The summed E-state index contributed by atoms with van der Waals surface area (Å²) in [6.07, 6.45) is 1.04. The van der Waals surface area contributed by atoms with Crippen LogP contribution in [0.2, 0.25) is 0 Å². The number of hydrogen-bond acceptors (Lipinski definition) is 6. The Balaban J connectivity index is 3.43. The molecule has 104 valence electrons. The van der Waals surface area contributed by atoms with Gasteiger partial charge in [0.15, 0.2) is 0 Å². The summed E-state index contributed by atoms with van der Waals surface area (Å²) in [5, 5.41) is 17.4. The lowest BCUT2D eigenvalue weighted by atomic mass is 10.2. The van der Waals surface area contributed by atoms with Crippen LogP contribution < -0.4 is 0 Å². The van der Waals surface area contributed by atoms with Gasteiger partial charge in [0.2, 0.25) is 0 Å². The fraction of sp³-hybridized carbons (Fsp3) is 0.667. The molecule has 0 bridgehead atoms. The Morgan fingerprint density at radius 2 is 1.94 bits per heavy atom. The van der Waals surface area contributed by atoms with E-state index in [4.69, 9.17) is 14.9 Å². The van der Waals surface area contributed by atoms with E-state index in [2.05, 4.69) is 11.3 Å². The predicted molar refractivity (Wildman–Crippen MR) is 63.4 cm³/mol. The van der Waals surface area contributed by atoms with E-state index in [1.807, 2.05) is 0 Å². The molecule has 0 radical (unpaired) electrons. The molecule has 0 rings (SSSR count). The molecule has 0 aromatic carbocycles. The van der Waals surface area contributed by atoms with Crippen LogP contribution in [0.3, 0.4) is 0 Å². The van der Waals surface area contributed by atoms with Gasteiger partial charge in [-0.15, -0.1) is 0 Å². The van der Waals surface area contributed by atoms with E-state index in [1.54, 1.807) is 0 Å². The number of esters is 2. The van der Waals surface area contributed by atoms with Crippen LogP contribution in [-0.4, -0.2) is 41.5 Å². The van der Waals surface area contributed by atoms with Crippen molar-refractivity contribution in [2.45, 2.75) is 38.7 Å². The molecule has 0 aromatic rings. The van der Waals surface area contributed by atoms with Gasteiger partial charge in [0.1, 0.15) is 18.5 Å². The van der Waals surface area contributed by atoms with Crippen molar-refractivity contribution < 1.29 is 29.3 Å². The van der Waals surface area contributed by atoms with Crippen molar-refractivity contribution in [2.24, 2.45) is 0 Å². The average Bonchev–Trinajstić information content (AvgIpc) is 2.32. The normalized spacial score (nSPS) is 11.7. The molecular weight excluding hydrogens is 240 g/mol. The molecule has 2 N–H and O–H groups in total. The third kappa shape index (κ3) is 8.72. The Morgan fingerprint density at radius 1 is 1.28 bits per heavy atom. The number of aliphatic hydroxyl groups excluding tert-OH is 2. The summed E-state index contributed by atoms with van der Waals surface area (Å²) in [5.74, 6) is -1.05. The number of unbranched alkanes of at least 4 members (excludes halogenated alkanes) is 2. The summed E-state index contributed by atoms with van der Waals surface area (Å²) in [5.41, 5.74) is 0. The number of aliphatic hydroxyl groups is 2. The van der Waals surface area contributed by atoms with Crippen LogP contribution >= 0.6 is 0 Å². The third-order valence-corrected chi connectivity index (χ3v) is 2.05. The molecule has 1 unspecified atom stereocenters. The molecule has 0 aliphatic heterocycles. The van der Waals surface area contributed by atoms with Gasteiger partial charge >= 0.3 is 11.9 Å². The zero-order chi connectivity index (χ0) is 14.0. The number of carbonyl (C=O) groups excluding carboxylic acids is 2. The zero-order valence-corrected chi connectivity index (χ0v) is 10.6. The van der Waals surface area contributed by atoms with Crippen molar-refractivity contribution in [2.75, 3.05) is 13.2 Å². The van der Waals surface area contributed by atoms with Gasteiger partial charge in [-0.3, -0.25) is 4.79 Å². The Bertz CT molecular complexity index is 284. The van der Waals surface area contributed by atoms with Gasteiger partial charge in [-0.05, 0) is 26.2 Å². The van der Waals surface area contributed by atoms with Crippen molar-refractivity contribution in [1.82, 2.24) is 0 Å². The van der Waals surface area contributed by atoms with E-state index in [1.165, 1.54) is 6.92 Å². The van der Waals surface area contributed by atoms with Crippen molar-refractivity contribution >= 4 is 11.9 Å². The lowest BCUT2D eigenvalue weighted by Crippen LogP contribution is -2.19. The lowest BCUT2D eigenvalue weighted by molar-refractivity contribution is -0.152. The molecule has 0 aliphatic carbocycles. The molecule has 0 aliphatic rings. The number of carbonyl (C=O) groups is 2. The Labute approximate surface area is 106 Å². The van der Waals surface area contributed by atoms with Gasteiger partial charge in [-0.25, -0.2) is 4.79 Å². The van der Waals surface area contributed by atoms with Gasteiger partial charge in [0.05, 0.1) is 6.61 Å². The highest BCUT2D eigenvalue weighted by Gasteiger charge is 2.09. The molecule has 0 saturated carbocycles. The summed E-state index contributed by atoms with van der Waals surface area (Å²) in [4.78, 5) is 22.0. The molecule has 0 fully saturated rings. The first kappa shape index (κ1) is 16.6. The number of rotatable bonds is 9. The number of ether oxygens (including phenoxy) is 2. The molecular formula is C12H20O6. The predicted octanol–water partition coefficient (Wildman–Crippen LogP) is 0.520. The first-order valence-electron chi connectivity index (χ1n) is 5.81. The minimum Gasteiger partial charge on any atom is -0.464 e. The molecule has 0 saturated heterocycles. The van der Waals surface area contributed by atoms with Crippen LogP contribution in [0.15, 0.2) is 12.3 Å².